The molecule has 0 atom stereocenters. The molecule has 249 valence electrons. The molecule has 9 rings (SSSR count). The zero-order valence-electron chi connectivity index (χ0n) is 32.7. The Kier molecular flexibility index (Phi) is 7.27. The van der Waals surface area contributed by atoms with Crippen molar-refractivity contribution in [1.29, 1.82) is 0 Å². The molecular formula is C44H36IrN3O2-. The number of hydrogen-bond acceptors (Lipinski definition) is 4. The van der Waals surface area contributed by atoms with E-state index in [2.05, 4.69) is 38.8 Å². The number of para-hydroxylation sites is 1. The minimum atomic E-state index is -2.49. The van der Waals surface area contributed by atoms with E-state index in [-0.39, 0.29) is 37.0 Å². The number of nitrogens with zero attached hydrogens (tertiary/aromatic N) is 3. The van der Waals surface area contributed by atoms with Crippen LogP contribution in [0, 0.1) is 18.3 Å². The molecule has 0 unspecified atom stereocenters. The second-order valence-electron chi connectivity index (χ2n) is 13.1. The Bertz CT molecular complexity index is 2860. The first kappa shape index (κ1) is 27.5. The predicted molar refractivity (Wildman–Crippen MR) is 201 cm³/mol. The fourth-order valence-corrected chi connectivity index (χ4v) is 6.47. The summed E-state index contributed by atoms with van der Waals surface area (Å²) in [6, 6.07) is 40.2. The van der Waals surface area contributed by atoms with E-state index in [0.717, 1.165) is 54.8 Å². The Morgan fingerprint density at radius 3 is 2.42 bits per heavy atom. The second kappa shape index (κ2) is 13.2. The van der Waals surface area contributed by atoms with Gasteiger partial charge >= 0.3 is 0 Å². The number of furan rings is 1. The van der Waals surface area contributed by atoms with Crippen molar-refractivity contribution in [2.75, 3.05) is 0 Å². The van der Waals surface area contributed by atoms with Gasteiger partial charge in [-0.05, 0) is 71.7 Å². The van der Waals surface area contributed by atoms with Gasteiger partial charge in [-0.25, -0.2) is 0 Å². The van der Waals surface area contributed by atoms with Crippen molar-refractivity contribution in [2.45, 2.75) is 34.0 Å². The quantitative estimate of drug-likeness (QED) is 0.180. The number of aromatic hydroxyl groups is 1. The maximum atomic E-state index is 10.2. The summed E-state index contributed by atoms with van der Waals surface area (Å²) in [5, 5.41) is 14.9. The summed E-state index contributed by atoms with van der Waals surface area (Å²) < 4.78 is 49.9. The van der Waals surface area contributed by atoms with Crippen molar-refractivity contribution < 1.29 is 36.5 Å². The normalized spacial score (nSPS) is 13.6. The van der Waals surface area contributed by atoms with E-state index in [1.165, 1.54) is 6.20 Å². The number of benzene rings is 5. The summed E-state index contributed by atoms with van der Waals surface area (Å²) in [6.07, 6.45) is 1.11. The molecule has 4 aromatic heterocycles. The van der Waals surface area contributed by atoms with Gasteiger partial charge < -0.3 is 19.1 Å². The Hall–Kier alpha value is -5.29. The SMILES string of the molecule is Oc1cccc2c1c1ncccc1n2-c1ccccc1.[2H]C([2H])([2H])c1cnc(-c2[c-]ccc3c2oc2c4ccccc4ccc32)cc1C([2H])([2H])C(C)(C)C.[Ir]. The molecule has 0 aliphatic carbocycles. The third kappa shape index (κ3) is 5.95. The van der Waals surface area contributed by atoms with Gasteiger partial charge in [0.05, 0.1) is 22.0 Å². The maximum absolute atomic E-state index is 10.2. The molecule has 0 saturated heterocycles. The Balaban J connectivity index is 0.000000188. The Labute approximate surface area is 311 Å². The van der Waals surface area contributed by atoms with Crippen LogP contribution in [0.3, 0.4) is 0 Å². The summed E-state index contributed by atoms with van der Waals surface area (Å²) in [4.78, 5) is 8.87. The number of phenolic OH excluding ortho intramolecular Hbond substituents is 1. The molecule has 1 N–H and O–H groups in total. The first-order valence-electron chi connectivity index (χ1n) is 18.6. The number of pyridine rings is 2. The fraction of sp³-hybridized carbons (Fsp3) is 0.136. The molecule has 5 nitrogen and oxygen atoms in total. The van der Waals surface area contributed by atoms with E-state index in [0.29, 0.717) is 16.8 Å². The standard InChI is InChI=1S/C27H24NO.C17H12N2O.Ir/c1-17-16-28-24(14-19(17)15-27(2,3)4)23-11-7-10-21-22-13-12-18-8-5-6-9-20(18)25(22)29-26(21)23;20-15-10-4-8-13-16(15)17-14(9-5-11-18-17)19(13)12-6-2-1-3-7-12;/h5-10,12-14,16H,15H2,1-4H3;1-11,20H;/q-1;;/i1D3,15D2;;. The fourth-order valence-electron chi connectivity index (χ4n) is 6.47. The number of phenols is 1. The van der Waals surface area contributed by atoms with E-state index in [9.17, 15) is 5.11 Å². The molecule has 50 heavy (non-hydrogen) atoms. The van der Waals surface area contributed by atoms with E-state index >= 15 is 0 Å². The van der Waals surface area contributed by atoms with Crippen molar-refractivity contribution in [3.05, 3.63) is 145 Å². The van der Waals surface area contributed by atoms with Crippen LogP contribution in [0.4, 0.5) is 0 Å². The van der Waals surface area contributed by atoms with Gasteiger partial charge in [0.2, 0.25) is 0 Å². The number of fused-ring (bicyclic) bond motifs is 8. The summed E-state index contributed by atoms with van der Waals surface area (Å²) in [5.74, 6) is 0.265. The van der Waals surface area contributed by atoms with Crippen LogP contribution in [0.15, 0.2) is 132 Å². The van der Waals surface area contributed by atoms with Crippen LogP contribution in [-0.2, 0) is 26.5 Å². The average molecular weight is 836 g/mol. The van der Waals surface area contributed by atoms with Crippen molar-refractivity contribution in [3.8, 4) is 22.7 Å². The van der Waals surface area contributed by atoms with Crippen molar-refractivity contribution in [3.63, 3.8) is 0 Å². The van der Waals surface area contributed by atoms with Gasteiger partial charge in [-0.2, -0.15) is 0 Å². The molecular weight excluding hydrogens is 795 g/mol. The molecule has 0 amide bonds. The van der Waals surface area contributed by atoms with Crippen molar-refractivity contribution >= 4 is 54.6 Å². The number of hydrogen-bond donors (Lipinski definition) is 1. The monoisotopic (exact) mass is 836 g/mol. The summed E-state index contributed by atoms with van der Waals surface area (Å²) in [7, 11) is 0. The minimum absolute atomic E-state index is 0. The van der Waals surface area contributed by atoms with E-state index in [1.807, 2.05) is 78.9 Å². The number of aryl methyl sites for hydroxylation is 1. The van der Waals surface area contributed by atoms with Crippen molar-refractivity contribution in [2.24, 2.45) is 5.41 Å². The number of rotatable bonds is 3. The van der Waals surface area contributed by atoms with Gasteiger partial charge in [-0.1, -0.05) is 104 Å². The molecule has 4 heterocycles. The largest absolute Gasteiger partial charge is 0.507 e. The van der Waals surface area contributed by atoms with Crippen LogP contribution < -0.4 is 0 Å². The van der Waals surface area contributed by atoms with Crippen LogP contribution in [0.5, 0.6) is 5.75 Å². The van der Waals surface area contributed by atoms with Crippen LogP contribution in [-0.4, -0.2) is 19.6 Å². The topological polar surface area (TPSA) is 64.1 Å². The van der Waals surface area contributed by atoms with Crippen LogP contribution in [0.25, 0.3) is 71.6 Å². The molecule has 6 heteroatoms. The maximum Gasteiger partial charge on any atom is 0.128 e. The van der Waals surface area contributed by atoms with Gasteiger partial charge in [-0.3, -0.25) is 4.98 Å². The molecule has 0 aliphatic rings. The third-order valence-corrected chi connectivity index (χ3v) is 8.53. The van der Waals surface area contributed by atoms with E-state index in [4.69, 9.17) is 11.3 Å². The number of aromatic nitrogens is 3. The van der Waals surface area contributed by atoms with E-state index in [1.54, 1.807) is 45.2 Å². The molecule has 0 fully saturated rings. The van der Waals surface area contributed by atoms with Crippen LogP contribution >= 0.6 is 0 Å². The first-order chi connectivity index (χ1) is 25.8. The Morgan fingerprint density at radius 2 is 1.60 bits per heavy atom. The van der Waals surface area contributed by atoms with Crippen molar-refractivity contribution in [1.82, 2.24) is 14.5 Å². The summed E-state index contributed by atoms with van der Waals surface area (Å²) in [5.41, 5.74) is 5.38. The van der Waals surface area contributed by atoms with Gasteiger partial charge in [0.15, 0.2) is 0 Å². The van der Waals surface area contributed by atoms with Crippen LogP contribution in [0.2, 0.25) is 0 Å². The molecule has 1 radical (unpaired) electrons. The summed E-state index contributed by atoms with van der Waals surface area (Å²) in [6.45, 7) is 2.78. The first-order valence-corrected chi connectivity index (χ1v) is 16.1. The zero-order chi connectivity index (χ0) is 38.0. The zero-order valence-corrected chi connectivity index (χ0v) is 30.0. The molecule has 0 aliphatic heterocycles. The van der Waals surface area contributed by atoms with E-state index < -0.39 is 18.6 Å². The third-order valence-electron chi connectivity index (χ3n) is 8.53. The van der Waals surface area contributed by atoms with Gasteiger partial charge in [-0.15, -0.1) is 18.2 Å². The molecule has 0 bridgehead atoms. The minimum Gasteiger partial charge on any atom is -0.507 e. The molecule has 9 aromatic rings. The molecule has 0 spiro atoms. The summed E-state index contributed by atoms with van der Waals surface area (Å²) >= 11 is 0. The predicted octanol–water partition coefficient (Wildman–Crippen LogP) is 11.4. The Morgan fingerprint density at radius 1 is 0.820 bits per heavy atom. The second-order valence-corrected chi connectivity index (χ2v) is 13.1. The van der Waals surface area contributed by atoms with Gasteiger partial charge in [0, 0.05) is 55.8 Å². The molecule has 0 saturated carbocycles. The van der Waals surface area contributed by atoms with Gasteiger partial charge in [0.25, 0.3) is 0 Å². The van der Waals surface area contributed by atoms with Gasteiger partial charge in [0.1, 0.15) is 16.8 Å². The average Bonchev–Trinajstić information content (AvgIpc) is 3.71. The molecule has 5 aromatic carbocycles. The van der Waals surface area contributed by atoms with Crippen LogP contribution in [0.1, 0.15) is 38.8 Å². The smallest absolute Gasteiger partial charge is 0.128 e.